The number of rotatable bonds is 3. The van der Waals surface area contributed by atoms with Crippen LogP contribution in [0.25, 0.3) is 10.4 Å². The van der Waals surface area contributed by atoms with Crippen LogP contribution in [-0.2, 0) is 15.7 Å². The highest BCUT2D eigenvalue weighted by atomic mass is 32.1. The zero-order valence-corrected chi connectivity index (χ0v) is 14.8. The van der Waals surface area contributed by atoms with Crippen LogP contribution in [0.3, 0.4) is 0 Å². The van der Waals surface area contributed by atoms with Crippen molar-refractivity contribution in [2.24, 2.45) is 0 Å². The minimum absolute atomic E-state index is 0.265. The third-order valence-electron chi connectivity index (χ3n) is 4.76. The van der Waals surface area contributed by atoms with Gasteiger partial charge in [0.15, 0.2) is 0 Å². The number of thiophene rings is 1. The molecular formula is C18H23BO2S. The number of benzene rings is 1. The number of hydrogen-bond donors (Lipinski definition) is 0. The summed E-state index contributed by atoms with van der Waals surface area (Å²) in [6.45, 7) is 10.5. The molecule has 0 aliphatic carbocycles. The Kier molecular flexibility index (Phi) is 3.96. The zero-order valence-electron chi connectivity index (χ0n) is 14.0. The Bertz CT molecular complexity index is 642. The van der Waals surface area contributed by atoms with Crippen LogP contribution in [0.5, 0.6) is 0 Å². The van der Waals surface area contributed by atoms with E-state index in [-0.39, 0.29) is 18.3 Å². The maximum Gasteiger partial charge on any atom is 0.505 e. The van der Waals surface area contributed by atoms with Gasteiger partial charge in [-0.3, -0.25) is 0 Å². The standard InChI is InChI=1S/C18H23BO2S/c1-6-13-7-9-14(10-8-13)15-11-12-16(22-15)19-20-17(2,3)18(4,5)21-19/h7-12H,6H2,1-5H3. The van der Waals surface area contributed by atoms with E-state index < -0.39 is 0 Å². The van der Waals surface area contributed by atoms with Crippen molar-refractivity contribution in [3.63, 3.8) is 0 Å². The first kappa shape index (κ1) is 15.8. The Morgan fingerprint density at radius 3 is 2.05 bits per heavy atom. The van der Waals surface area contributed by atoms with Gasteiger partial charge in [-0.2, -0.15) is 0 Å². The van der Waals surface area contributed by atoms with Gasteiger partial charge in [0, 0.05) is 9.65 Å². The molecule has 0 bridgehead atoms. The molecule has 2 nitrogen and oxygen atoms in total. The van der Waals surface area contributed by atoms with Crippen LogP contribution in [0.4, 0.5) is 0 Å². The smallest absolute Gasteiger partial charge is 0.399 e. The lowest BCUT2D eigenvalue weighted by atomic mass is 9.88. The van der Waals surface area contributed by atoms with Gasteiger partial charge in [-0.15, -0.1) is 11.3 Å². The highest BCUT2D eigenvalue weighted by molar-refractivity contribution is 7.25. The van der Waals surface area contributed by atoms with Gasteiger partial charge in [0.2, 0.25) is 0 Å². The zero-order chi connectivity index (χ0) is 16.0. The number of aryl methyl sites for hydroxylation is 1. The van der Waals surface area contributed by atoms with Crippen LogP contribution in [0.15, 0.2) is 36.4 Å². The van der Waals surface area contributed by atoms with Crippen LogP contribution in [0, 0.1) is 0 Å². The average molecular weight is 314 g/mol. The van der Waals surface area contributed by atoms with Crippen molar-refractivity contribution in [1.82, 2.24) is 0 Å². The molecule has 0 N–H and O–H groups in total. The highest BCUT2D eigenvalue weighted by Crippen LogP contribution is 2.37. The lowest BCUT2D eigenvalue weighted by molar-refractivity contribution is 0.00578. The predicted octanol–water partition coefficient (Wildman–Crippen LogP) is 4.28. The normalized spacial score (nSPS) is 19.6. The second-order valence-corrected chi connectivity index (χ2v) is 7.96. The van der Waals surface area contributed by atoms with E-state index in [9.17, 15) is 0 Å². The summed E-state index contributed by atoms with van der Waals surface area (Å²) in [5, 5.41) is 0. The SMILES string of the molecule is CCc1ccc(-c2ccc(B3OC(C)(C)C(C)(C)O3)s2)cc1. The predicted molar refractivity (Wildman–Crippen MR) is 94.8 cm³/mol. The summed E-state index contributed by atoms with van der Waals surface area (Å²) in [5.74, 6) is 0. The summed E-state index contributed by atoms with van der Waals surface area (Å²) in [6.07, 6.45) is 1.07. The monoisotopic (exact) mass is 314 g/mol. The summed E-state index contributed by atoms with van der Waals surface area (Å²) in [5.41, 5.74) is 2.05. The van der Waals surface area contributed by atoms with Gasteiger partial charge < -0.3 is 9.31 Å². The van der Waals surface area contributed by atoms with Crippen molar-refractivity contribution in [2.45, 2.75) is 52.2 Å². The second-order valence-electron chi connectivity index (χ2n) is 6.84. The highest BCUT2D eigenvalue weighted by Gasteiger charge is 2.52. The van der Waals surface area contributed by atoms with Gasteiger partial charge in [0.25, 0.3) is 0 Å². The van der Waals surface area contributed by atoms with Gasteiger partial charge in [0.05, 0.1) is 11.2 Å². The molecule has 0 spiro atoms. The molecule has 1 aliphatic heterocycles. The molecule has 0 amide bonds. The van der Waals surface area contributed by atoms with E-state index in [0.29, 0.717) is 0 Å². The maximum atomic E-state index is 6.12. The minimum atomic E-state index is -0.287. The third-order valence-corrected chi connectivity index (χ3v) is 5.91. The van der Waals surface area contributed by atoms with Crippen molar-refractivity contribution in [3.05, 3.63) is 42.0 Å². The van der Waals surface area contributed by atoms with Gasteiger partial charge in [0.1, 0.15) is 0 Å². The van der Waals surface area contributed by atoms with E-state index in [1.165, 1.54) is 16.0 Å². The first-order valence-electron chi connectivity index (χ1n) is 7.87. The van der Waals surface area contributed by atoms with Crippen molar-refractivity contribution in [2.75, 3.05) is 0 Å². The van der Waals surface area contributed by atoms with Crippen molar-refractivity contribution in [3.8, 4) is 10.4 Å². The fourth-order valence-electron chi connectivity index (χ4n) is 2.50. The van der Waals surface area contributed by atoms with Crippen molar-refractivity contribution in [1.29, 1.82) is 0 Å². The Morgan fingerprint density at radius 1 is 0.909 bits per heavy atom. The lowest BCUT2D eigenvalue weighted by Crippen LogP contribution is -2.41. The summed E-state index contributed by atoms with van der Waals surface area (Å²) in [4.78, 5) is 1.26. The van der Waals surface area contributed by atoms with Crippen molar-refractivity contribution < 1.29 is 9.31 Å². The third kappa shape index (κ3) is 2.75. The van der Waals surface area contributed by atoms with E-state index in [1.54, 1.807) is 11.3 Å². The minimum Gasteiger partial charge on any atom is -0.399 e. The lowest BCUT2D eigenvalue weighted by Gasteiger charge is -2.32. The van der Waals surface area contributed by atoms with Gasteiger partial charge in [-0.25, -0.2) is 0 Å². The molecule has 22 heavy (non-hydrogen) atoms. The summed E-state index contributed by atoms with van der Waals surface area (Å²) < 4.78 is 13.4. The largest absolute Gasteiger partial charge is 0.505 e. The molecule has 1 saturated heterocycles. The van der Waals surface area contributed by atoms with E-state index >= 15 is 0 Å². The van der Waals surface area contributed by atoms with E-state index in [4.69, 9.17) is 9.31 Å². The fraction of sp³-hybridized carbons (Fsp3) is 0.444. The van der Waals surface area contributed by atoms with Crippen LogP contribution in [-0.4, -0.2) is 18.3 Å². The van der Waals surface area contributed by atoms with Crippen LogP contribution in [0.2, 0.25) is 0 Å². The first-order chi connectivity index (χ1) is 10.3. The van der Waals surface area contributed by atoms with Crippen LogP contribution >= 0.6 is 11.3 Å². The summed E-state index contributed by atoms with van der Waals surface area (Å²) in [7, 11) is -0.265. The van der Waals surface area contributed by atoms with E-state index in [0.717, 1.165) is 11.2 Å². The van der Waals surface area contributed by atoms with Crippen LogP contribution in [0.1, 0.15) is 40.2 Å². The molecule has 0 unspecified atom stereocenters. The average Bonchev–Trinajstić information content (AvgIpc) is 3.03. The molecule has 1 aliphatic rings. The Labute approximate surface area is 137 Å². The second kappa shape index (κ2) is 5.52. The quantitative estimate of drug-likeness (QED) is 0.788. The molecule has 0 radical (unpaired) electrons. The molecule has 4 heteroatoms. The molecule has 2 aromatic rings. The summed E-state index contributed by atoms with van der Waals surface area (Å²) in [6, 6.07) is 13.1. The van der Waals surface area contributed by atoms with Gasteiger partial charge >= 0.3 is 7.12 Å². The van der Waals surface area contributed by atoms with Crippen LogP contribution < -0.4 is 4.78 Å². The number of hydrogen-bond acceptors (Lipinski definition) is 3. The van der Waals surface area contributed by atoms with Gasteiger partial charge in [-0.05, 0) is 51.3 Å². The topological polar surface area (TPSA) is 18.5 Å². The molecule has 1 aromatic heterocycles. The van der Waals surface area contributed by atoms with E-state index in [2.05, 4.69) is 71.0 Å². The first-order valence-corrected chi connectivity index (χ1v) is 8.69. The Balaban J connectivity index is 1.82. The summed E-state index contributed by atoms with van der Waals surface area (Å²) >= 11 is 1.75. The van der Waals surface area contributed by atoms with E-state index in [1.807, 2.05) is 0 Å². The Morgan fingerprint density at radius 2 is 1.50 bits per heavy atom. The van der Waals surface area contributed by atoms with Gasteiger partial charge in [-0.1, -0.05) is 37.3 Å². The maximum absolute atomic E-state index is 6.12. The molecule has 2 heterocycles. The molecule has 1 fully saturated rings. The molecular weight excluding hydrogens is 291 g/mol. The Hall–Kier alpha value is -1.10. The fourth-order valence-corrected chi connectivity index (χ4v) is 3.47. The molecule has 0 atom stereocenters. The molecule has 0 saturated carbocycles. The molecule has 116 valence electrons. The molecule has 3 rings (SSSR count). The molecule has 1 aromatic carbocycles. The van der Waals surface area contributed by atoms with Crippen molar-refractivity contribution >= 4 is 23.2 Å².